The van der Waals surface area contributed by atoms with Gasteiger partial charge in [-0.3, -0.25) is 14.9 Å². The fourth-order valence-electron chi connectivity index (χ4n) is 2.19. The number of anilines is 1. The fraction of sp³-hybridized carbons (Fsp3) is 0.250. The van der Waals surface area contributed by atoms with Crippen LogP contribution >= 0.6 is 12.2 Å². The van der Waals surface area contributed by atoms with Gasteiger partial charge in [-0.1, -0.05) is 19.9 Å². The Labute approximate surface area is 164 Å². The quantitative estimate of drug-likeness (QED) is 0.666. The van der Waals surface area contributed by atoms with Crippen molar-refractivity contribution in [1.29, 1.82) is 0 Å². The lowest BCUT2D eigenvalue weighted by atomic mass is 10.2. The van der Waals surface area contributed by atoms with Gasteiger partial charge in [-0.25, -0.2) is 0 Å². The zero-order chi connectivity index (χ0) is 19.8. The molecule has 2 amide bonds. The zero-order valence-corrected chi connectivity index (χ0v) is 16.4. The molecule has 142 valence electrons. The van der Waals surface area contributed by atoms with E-state index in [0.717, 1.165) is 0 Å². The molecule has 0 unspecified atom stereocenters. The van der Waals surface area contributed by atoms with Gasteiger partial charge in [0, 0.05) is 23.9 Å². The van der Waals surface area contributed by atoms with Crippen LogP contribution in [0.2, 0.25) is 0 Å². The van der Waals surface area contributed by atoms with Crippen LogP contribution in [-0.2, 0) is 0 Å². The van der Waals surface area contributed by atoms with Crippen LogP contribution in [0.4, 0.5) is 5.69 Å². The Kier molecular flexibility index (Phi) is 7.31. The molecular weight excluding hydrogens is 362 g/mol. The Hall–Kier alpha value is -2.93. The van der Waals surface area contributed by atoms with Crippen LogP contribution < -0.4 is 20.7 Å². The van der Waals surface area contributed by atoms with Gasteiger partial charge in [-0.05, 0) is 60.6 Å². The summed E-state index contributed by atoms with van der Waals surface area (Å²) in [6.07, 6.45) is 0. The lowest BCUT2D eigenvalue weighted by Crippen LogP contribution is -2.34. The summed E-state index contributed by atoms with van der Waals surface area (Å²) in [5.74, 6) is 0.615. The lowest BCUT2D eigenvalue weighted by molar-refractivity contribution is 0.0959. The first kappa shape index (κ1) is 20.4. The van der Waals surface area contributed by atoms with Crippen molar-refractivity contribution < 1.29 is 14.3 Å². The van der Waals surface area contributed by atoms with E-state index in [4.69, 9.17) is 17.0 Å². The second-order valence-corrected chi connectivity index (χ2v) is 6.71. The SMILES string of the molecule is CNC(=O)c1cccc(NC(=S)NC(=O)c2ccc(OCC(C)C)cc2)c1. The van der Waals surface area contributed by atoms with Gasteiger partial charge in [-0.15, -0.1) is 0 Å². The highest BCUT2D eigenvalue weighted by Gasteiger charge is 2.10. The van der Waals surface area contributed by atoms with Gasteiger partial charge in [0.05, 0.1) is 6.61 Å². The highest BCUT2D eigenvalue weighted by atomic mass is 32.1. The number of benzene rings is 2. The van der Waals surface area contributed by atoms with Crippen LogP contribution in [0.15, 0.2) is 48.5 Å². The summed E-state index contributed by atoms with van der Waals surface area (Å²) in [4.78, 5) is 24.0. The van der Waals surface area contributed by atoms with Crippen LogP contribution in [0.1, 0.15) is 34.6 Å². The molecule has 0 atom stereocenters. The number of hydrogen-bond acceptors (Lipinski definition) is 4. The summed E-state index contributed by atoms with van der Waals surface area (Å²) >= 11 is 5.18. The second-order valence-electron chi connectivity index (χ2n) is 6.30. The van der Waals surface area contributed by atoms with E-state index in [2.05, 4.69) is 29.8 Å². The molecule has 0 saturated carbocycles. The van der Waals surface area contributed by atoms with E-state index in [-0.39, 0.29) is 16.9 Å². The molecule has 2 aromatic rings. The number of thiocarbonyl (C=S) groups is 1. The number of rotatable bonds is 6. The average molecular weight is 385 g/mol. The third-order valence-electron chi connectivity index (χ3n) is 3.54. The number of amides is 2. The van der Waals surface area contributed by atoms with Crippen LogP contribution in [0.5, 0.6) is 5.75 Å². The molecule has 0 aliphatic rings. The number of hydrogen-bond donors (Lipinski definition) is 3. The molecule has 27 heavy (non-hydrogen) atoms. The Morgan fingerprint density at radius 3 is 2.37 bits per heavy atom. The minimum absolute atomic E-state index is 0.147. The largest absolute Gasteiger partial charge is 0.493 e. The zero-order valence-electron chi connectivity index (χ0n) is 15.5. The number of ether oxygens (including phenoxy) is 1. The predicted octanol–water partition coefficient (Wildman–Crippen LogP) is 3.21. The van der Waals surface area contributed by atoms with Crippen LogP contribution in [0, 0.1) is 5.92 Å². The second kappa shape index (κ2) is 9.68. The number of carbonyl (C=O) groups is 2. The monoisotopic (exact) mass is 385 g/mol. The minimum atomic E-state index is -0.328. The molecular formula is C20H23N3O3S. The van der Waals surface area contributed by atoms with Gasteiger partial charge in [0.2, 0.25) is 0 Å². The van der Waals surface area contributed by atoms with E-state index in [1.54, 1.807) is 55.6 Å². The third-order valence-corrected chi connectivity index (χ3v) is 3.74. The maximum Gasteiger partial charge on any atom is 0.257 e. The molecule has 0 radical (unpaired) electrons. The molecule has 0 fully saturated rings. The molecule has 2 aromatic carbocycles. The van der Waals surface area contributed by atoms with Gasteiger partial charge in [-0.2, -0.15) is 0 Å². The summed E-state index contributed by atoms with van der Waals surface area (Å²) in [5.41, 5.74) is 1.57. The van der Waals surface area contributed by atoms with Gasteiger partial charge in [0.1, 0.15) is 5.75 Å². The summed E-state index contributed by atoms with van der Waals surface area (Å²) in [6, 6.07) is 13.7. The molecule has 3 N–H and O–H groups in total. The van der Waals surface area contributed by atoms with Crippen LogP contribution in [0.25, 0.3) is 0 Å². The molecule has 0 saturated heterocycles. The van der Waals surface area contributed by atoms with Crippen LogP contribution in [0.3, 0.4) is 0 Å². The molecule has 0 aliphatic heterocycles. The van der Waals surface area contributed by atoms with E-state index in [1.807, 2.05) is 0 Å². The van der Waals surface area contributed by atoms with Crippen molar-refractivity contribution in [2.45, 2.75) is 13.8 Å². The Morgan fingerprint density at radius 1 is 1.04 bits per heavy atom. The normalized spacial score (nSPS) is 10.2. The minimum Gasteiger partial charge on any atom is -0.493 e. The van der Waals surface area contributed by atoms with Gasteiger partial charge >= 0.3 is 0 Å². The van der Waals surface area contributed by atoms with Gasteiger partial charge < -0.3 is 15.4 Å². The first-order chi connectivity index (χ1) is 12.9. The summed E-state index contributed by atoms with van der Waals surface area (Å²) < 4.78 is 5.60. The molecule has 0 aromatic heterocycles. The maximum absolute atomic E-state index is 12.3. The molecule has 0 heterocycles. The van der Waals surface area contributed by atoms with E-state index in [0.29, 0.717) is 35.1 Å². The van der Waals surface area contributed by atoms with Crippen LogP contribution in [-0.4, -0.2) is 30.6 Å². The van der Waals surface area contributed by atoms with Crippen molar-refractivity contribution >= 4 is 34.8 Å². The molecule has 0 bridgehead atoms. The smallest absolute Gasteiger partial charge is 0.257 e. The Morgan fingerprint density at radius 2 is 1.74 bits per heavy atom. The first-order valence-corrected chi connectivity index (χ1v) is 8.97. The van der Waals surface area contributed by atoms with E-state index in [1.165, 1.54) is 0 Å². The van der Waals surface area contributed by atoms with E-state index < -0.39 is 0 Å². The molecule has 0 aliphatic carbocycles. The topological polar surface area (TPSA) is 79.5 Å². The number of carbonyl (C=O) groups excluding carboxylic acids is 2. The number of nitrogens with one attached hydrogen (secondary N) is 3. The maximum atomic E-state index is 12.3. The highest BCUT2D eigenvalue weighted by Crippen LogP contribution is 2.14. The van der Waals surface area contributed by atoms with Crippen molar-refractivity contribution in [3.63, 3.8) is 0 Å². The lowest BCUT2D eigenvalue weighted by Gasteiger charge is -2.11. The predicted molar refractivity (Wildman–Crippen MR) is 110 cm³/mol. The standard InChI is InChI=1S/C20H23N3O3S/c1-13(2)12-26-17-9-7-14(8-10-17)19(25)23-20(27)22-16-6-4-5-15(11-16)18(24)21-3/h4-11,13H,12H2,1-3H3,(H,21,24)(H2,22,23,25,27). The third kappa shape index (κ3) is 6.38. The van der Waals surface area contributed by atoms with Gasteiger partial charge in [0.25, 0.3) is 11.8 Å². The van der Waals surface area contributed by atoms with Crippen molar-refractivity contribution in [2.75, 3.05) is 19.0 Å². The van der Waals surface area contributed by atoms with E-state index >= 15 is 0 Å². The molecule has 2 rings (SSSR count). The van der Waals surface area contributed by atoms with Crippen molar-refractivity contribution in [3.05, 3.63) is 59.7 Å². The molecule has 7 heteroatoms. The molecule has 6 nitrogen and oxygen atoms in total. The van der Waals surface area contributed by atoms with Crippen molar-refractivity contribution in [3.8, 4) is 5.75 Å². The Bertz CT molecular complexity index is 819. The average Bonchev–Trinajstić information content (AvgIpc) is 2.66. The first-order valence-electron chi connectivity index (χ1n) is 8.56. The van der Waals surface area contributed by atoms with E-state index in [9.17, 15) is 9.59 Å². The van der Waals surface area contributed by atoms with Crippen molar-refractivity contribution in [2.24, 2.45) is 5.92 Å². The summed E-state index contributed by atoms with van der Waals surface area (Å²) in [5, 5.41) is 8.22. The fourth-order valence-corrected chi connectivity index (χ4v) is 2.40. The van der Waals surface area contributed by atoms with Crippen molar-refractivity contribution in [1.82, 2.24) is 10.6 Å². The summed E-state index contributed by atoms with van der Waals surface area (Å²) in [7, 11) is 1.56. The summed E-state index contributed by atoms with van der Waals surface area (Å²) in [6.45, 7) is 4.76. The Balaban J connectivity index is 1.93. The van der Waals surface area contributed by atoms with Gasteiger partial charge in [0.15, 0.2) is 5.11 Å². The highest BCUT2D eigenvalue weighted by molar-refractivity contribution is 7.80. The molecule has 0 spiro atoms.